The molecule has 7 N–H and O–H groups in total. The van der Waals surface area contributed by atoms with Crippen LogP contribution >= 0.6 is 7.60 Å². The molecule has 0 aliphatic heterocycles. The van der Waals surface area contributed by atoms with Crippen LogP contribution < -0.4 is 65.2 Å². The number of carbonyl (C=O) groups excluding carboxylic acids is 4. The van der Waals surface area contributed by atoms with Crippen molar-refractivity contribution in [2.45, 2.75) is 75.0 Å². The number of esters is 1. The highest BCUT2D eigenvalue weighted by atomic mass is 32.2. The molecule has 7 rings (SSSR count). The molecule has 2 atom stereocenters. The number of halogens is 6. The number of carbonyl (C=O) groups is 5. The lowest BCUT2D eigenvalue weighted by molar-refractivity contribution is -0.193. The van der Waals surface area contributed by atoms with Crippen molar-refractivity contribution in [2.24, 2.45) is 7.05 Å². The van der Waals surface area contributed by atoms with E-state index in [0.717, 1.165) is 25.1 Å². The number of sulfonamides is 2. The van der Waals surface area contributed by atoms with Crippen molar-refractivity contribution >= 4 is 80.3 Å². The lowest BCUT2D eigenvalue weighted by Gasteiger charge is -2.17. The Labute approximate surface area is 605 Å². The zero-order chi connectivity index (χ0) is 80.2. The minimum atomic E-state index is -4.84. The third-order valence-electron chi connectivity index (χ3n) is 12.6. The summed E-state index contributed by atoms with van der Waals surface area (Å²) in [6.07, 6.45) is -4.04. The van der Waals surface area contributed by atoms with Crippen LogP contribution in [-0.4, -0.2) is 187 Å². The molecule has 0 saturated heterocycles. The predicted molar refractivity (Wildman–Crippen MR) is 368 cm³/mol. The summed E-state index contributed by atoms with van der Waals surface area (Å²) in [7, 11) is -3.48. The van der Waals surface area contributed by atoms with Crippen molar-refractivity contribution < 1.29 is 115 Å². The highest BCUT2D eigenvalue weighted by molar-refractivity contribution is 7.94. The van der Waals surface area contributed by atoms with Crippen LogP contribution in [0, 0.1) is 6.92 Å². The summed E-state index contributed by atoms with van der Waals surface area (Å²) in [6, 6.07) is 18.4. The number of alkyl halides is 6. The van der Waals surface area contributed by atoms with E-state index in [1.165, 1.54) is 121 Å². The smallest absolute Gasteiger partial charge is 0.431 e. The minimum absolute atomic E-state index is 0.0715. The fourth-order valence-corrected chi connectivity index (χ4v) is 10.5. The fraction of sp³-hybridized carbons (Fsp3) is 0.361. The first-order chi connectivity index (χ1) is 49.3. The van der Waals surface area contributed by atoms with E-state index in [2.05, 4.69) is 59.3 Å². The Morgan fingerprint density at radius 2 is 1.34 bits per heavy atom. The molecular weight excluding hydrogens is 1510 g/mol. The Kier molecular flexibility index (Phi) is 34.4. The first-order valence-electron chi connectivity index (χ1n) is 30.0. The summed E-state index contributed by atoms with van der Waals surface area (Å²) in [5.74, 6) is -1.57. The Balaban J connectivity index is 0.000000381. The van der Waals surface area contributed by atoms with Crippen molar-refractivity contribution in [3.05, 3.63) is 152 Å². The predicted octanol–water partition coefficient (Wildman–Crippen LogP) is 4.59. The molecule has 580 valence electrons. The molecule has 3 aromatic carbocycles. The highest BCUT2D eigenvalue weighted by Crippen LogP contribution is 2.30. The van der Waals surface area contributed by atoms with E-state index in [-0.39, 0.29) is 58.9 Å². The van der Waals surface area contributed by atoms with Crippen LogP contribution in [0.1, 0.15) is 58.8 Å². The third-order valence-corrected chi connectivity index (χ3v) is 15.9. The van der Waals surface area contributed by atoms with Gasteiger partial charge in [0.15, 0.2) is 11.1 Å². The van der Waals surface area contributed by atoms with Gasteiger partial charge >= 0.3 is 48.1 Å². The van der Waals surface area contributed by atoms with Gasteiger partial charge in [-0.15, -0.1) is 0 Å². The van der Waals surface area contributed by atoms with Gasteiger partial charge in [-0.05, 0) is 97.2 Å². The quantitative estimate of drug-likeness (QED) is 0.0188. The number of pyridine rings is 1. The van der Waals surface area contributed by atoms with E-state index < -0.39 is 129 Å². The number of ether oxygens (including phenoxy) is 6. The summed E-state index contributed by atoms with van der Waals surface area (Å²) in [5, 5.41) is 13.6. The van der Waals surface area contributed by atoms with Crippen LogP contribution in [0.3, 0.4) is 0 Å². The van der Waals surface area contributed by atoms with Crippen LogP contribution in [-0.2, 0) is 82.5 Å². The van der Waals surface area contributed by atoms with E-state index >= 15 is 0 Å². The monoisotopic (exact) mass is 1580 g/mol. The van der Waals surface area contributed by atoms with Crippen LogP contribution in [0.4, 0.5) is 47.8 Å². The molecule has 4 aromatic heterocycles. The molecule has 5 amide bonds. The number of carboxylic acid groups (broad SMARTS) is 1. The number of aromatic nitrogens is 8. The Bertz CT molecular complexity index is 4570. The van der Waals surface area contributed by atoms with Gasteiger partial charge in [-0.2, -0.15) is 59.7 Å². The van der Waals surface area contributed by atoms with E-state index in [4.69, 9.17) is 38.4 Å². The van der Waals surface area contributed by atoms with Crippen LogP contribution in [0.25, 0.3) is 5.69 Å². The third kappa shape index (κ3) is 30.3. The summed E-state index contributed by atoms with van der Waals surface area (Å²) >= 11 is 0. The molecule has 0 aliphatic rings. The summed E-state index contributed by atoms with van der Waals surface area (Å²) in [6.45, 7) is 4.65. The molecule has 7 aromatic rings. The lowest BCUT2D eigenvalue weighted by atomic mass is 10.1. The normalized spacial score (nSPS) is 11.9. The average Bonchev–Trinajstić information content (AvgIpc) is 0.764. The fourth-order valence-electron chi connectivity index (χ4n) is 7.88. The highest BCUT2D eigenvalue weighted by Gasteiger charge is 2.35. The molecule has 0 saturated carbocycles. The number of aryl methyl sites for hydroxylation is 3. The molecular formula is C61H75F6N14O21PS3. The number of nitrogens with one attached hydrogen (secondary N) is 5. The zero-order valence-electron chi connectivity index (χ0n) is 58.7. The van der Waals surface area contributed by atoms with E-state index in [0.29, 0.717) is 43.2 Å². The maximum absolute atomic E-state index is 13.1. The van der Waals surface area contributed by atoms with E-state index in [1.807, 2.05) is 30.4 Å². The molecule has 2 unspecified atom stereocenters. The molecule has 106 heavy (non-hydrogen) atoms. The van der Waals surface area contributed by atoms with Gasteiger partial charge < -0.3 is 52.8 Å². The average molecular weight is 1580 g/mol. The van der Waals surface area contributed by atoms with Gasteiger partial charge in [-0.1, -0.05) is 37.3 Å². The number of anilines is 2. The summed E-state index contributed by atoms with van der Waals surface area (Å²) in [5.41, 5.74) is -2.06. The van der Waals surface area contributed by atoms with Crippen LogP contribution in [0.15, 0.2) is 117 Å². The Morgan fingerprint density at radius 1 is 0.764 bits per heavy atom. The maximum atomic E-state index is 13.1. The van der Waals surface area contributed by atoms with Gasteiger partial charge in [0, 0.05) is 45.4 Å². The number of nitrogens with zero attached hydrogens (tertiary/aromatic N) is 9. The van der Waals surface area contributed by atoms with Gasteiger partial charge in [0.25, 0.3) is 31.5 Å². The van der Waals surface area contributed by atoms with Crippen molar-refractivity contribution in [1.82, 2.24) is 58.7 Å². The van der Waals surface area contributed by atoms with Crippen molar-refractivity contribution in [2.75, 3.05) is 84.8 Å². The number of carboxylic acids is 1. The number of amides is 5. The van der Waals surface area contributed by atoms with Gasteiger partial charge in [0.2, 0.25) is 23.7 Å². The Hall–Kier alpha value is -10.5. The number of methoxy groups -OCH3 is 4. The first-order valence-corrected chi connectivity index (χ1v) is 37.1. The van der Waals surface area contributed by atoms with Gasteiger partial charge in [0.05, 0.1) is 82.2 Å². The summed E-state index contributed by atoms with van der Waals surface area (Å²) < 4.78 is 172. The molecule has 0 fully saturated rings. The van der Waals surface area contributed by atoms with Crippen LogP contribution in [0.5, 0.6) is 29.3 Å². The number of hydrogen-bond acceptors (Lipinski definition) is 26. The van der Waals surface area contributed by atoms with Crippen molar-refractivity contribution in [3.8, 4) is 35.0 Å². The molecule has 0 bridgehead atoms. The standard InChI is InChI=1S/C25H25F3N2O6.C15H16F3N5O4S.C15H18N6O6S.C3H8NO5P.C3H9S/c1-5-16-6-7-17(20(12-16)36-15(2)23(32)34-4)14-35-19-10-8-18(9-11-19)30-22(31)13-21(25(26,27)28)29(3)24(30)33;1-9-19-12(22-14(20-9)27-2)21-13(24)23-28(25,26)11-6-4-3-5-10(11)7-8-15(16,17)18;1-21(2)13(22)9-6-5-7-16-12(9)28(24,25)20-15(23)19-14-17-10(26-3)8-11(18-14)27-4;5-3(6)1-4-2-10(7,8)9;1-4(2)3/h6-13,15H,5,14H2,1-4H3;3-6H,7-8H2,1-2H3,(H2,19,20,21,22,23,24);5-8H,1-4H3,(H2,17,18,19,20,23);4H,1-2H2,(H,5,6)(H2,7,8,9);1-3H3/q;;;;+1/p-1. The lowest BCUT2D eigenvalue weighted by Crippen LogP contribution is -2.40. The maximum Gasteiger partial charge on any atom is 0.431 e. The topological polar surface area (TPSA) is 474 Å². The van der Waals surface area contributed by atoms with Crippen LogP contribution in [0.2, 0.25) is 0 Å². The molecule has 0 radical (unpaired) electrons. The minimum Gasteiger partial charge on any atom is -0.778 e. The molecule has 0 aliphatic carbocycles. The number of aliphatic carboxylic acids is 1. The SMILES string of the molecule is CCc1ccc(COc2ccc(-n3c(=O)cc(C(F)(F)F)n(C)c3=O)cc2)c(OC(C)C(=O)OC)c1.COc1cc(OC)nc(NC(=O)NS(=O)(=O)c2ncccc2C(=O)N(C)C)n1.COc1nc(C)nc(NC(=O)NS(=O)(=O)c2ccccc2CCC(F)(F)F)n1.C[S+](C)C.O=C(O)CNCP(=O)([O-])O. The van der Waals surface area contributed by atoms with E-state index in [9.17, 15) is 86.2 Å². The van der Waals surface area contributed by atoms with Gasteiger partial charge in [-0.3, -0.25) is 34.9 Å². The van der Waals surface area contributed by atoms with Gasteiger partial charge in [-0.25, -0.2) is 46.6 Å². The number of benzene rings is 3. The number of urea groups is 2. The Morgan fingerprint density at radius 3 is 1.86 bits per heavy atom. The molecule has 4 heterocycles. The number of rotatable bonds is 24. The molecule has 35 nitrogen and oxygen atoms in total. The second-order valence-corrected chi connectivity index (χ2v) is 28.9. The van der Waals surface area contributed by atoms with Gasteiger partial charge in [0.1, 0.15) is 37.2 Å². The second-order valence-electron chi connectivity index (χ2n) is 21.6. The zero-order valence-corrected chi connectivity index (χ0v) is 62.0. The first kappa shape index (κ1) is 89.7. The largest absolute Gasteiger partial charge is 0.778 e. The summed E-state index contributed by atoms with van der Waals surface area (Å²) in [4.78, 5) is 124. The van der Waals surface area contributed by atoms with Crippen molar-refractivity contribution in [1.29, 1.82) is 0 Å². The number of hydrogen-bond donors (Lipinski definition) is 7. The van der Waals surface area contributed by atoms with Crippen molar-refractivity contribution in [3.63, 3.8) is 0 Å². The molecule has 0 spiro atoms. The second kappa shape index (κ2) is 40.7. The molecule has 45 heteroatoms. The van der Waals surface area contributed by atoms with E-state index in [1.54, 1.807) is 16.4 Å².